The number of nitrogens with zero attached hydrogens (tertiary/aromatic N) is 2. The van der Waals surface area contributed by atoms with Crippen LogP contribution < -0.4 is 21.5 Å². The second-order valence-electron chi connectivity index (χ2n) is 7.38. The molecule has 0 bridgehead atoms. The summed E-state index contributed by atoms with van der Waals surface area (Å²) in [5.41, 5.74) is 0.594. The Morgan fingerprint density at radius 3 is 2.41 bits per heavy atom. The summed E-state index contributed by atoms with van der Waals surface area (Å²) < 4.78 is 1.10. The van der Waals surface area contributed by atoms with Crippen LogP contribution in [-0.2, 0) is 22.6 Å². The van der Waals surface area contributed by atoms with Gasteiger partial charge in [-0.15, -0.1) is 0 Å². The predicted octanol–water partition coefficient (Wildman–Crippen LogP) is 1.89. The molecule has 9 heteroatoms. The van der Waals surface area contributed by atoms with E-state index in [-0.39, 0.29) is 18.9 Å². The third-order valence-corrected chi connectivity index (χ3v) is 5.22. The van der Waals surface area contributed by atoms with Gasteiger partial charge in [0.05, 0.1) is 0 Å². The standard InChI is InChI=1S/C23H23ClN4O4/c1-15-13-28(23(32)26-21(15)30)14-20(29)25-19(12-16-6-4-3-5-7-16)22(31)27(2)18-10-8-17(24)9-11-18/h3-11,13,19H,12,14H2,1-2H3,(H,25,29)(H,26,30,32). The van der Waals surface area contributed by atoms with Crippen LogP contribution in [0.2, 0.25) is 5.02 Å². The van der Waals surface area contributed by atoms with E-state index < -0.39 is 23.2 Å². The van der Waals surface area contributed by atoms with Gasteiger partial charge in [0.25, 0.3) is 5.56 Å². The van der Waals surface area contributed by atoms with Crippen molar-refractivity contribution in [1.82, 2.24) is 14.9 Å². The van der Waals surface area contributed by atoms with E-state index in [0.717, 1.165) is 10.1 Å². The molecule has 3 aromatic rings. The highest BCUT2D eigenvalue weighted by molar-refractivity contribution is 6.30. The molecule has 0 aliphatic heterocycles. The molecule has 2 N–H and O–H groups in total. The molecule has 8 nitrogen and oxygen atoms in total. The summed E-state index contributed by atoms with van der Waals surface area (Å²) in [6, 6.07) is 15.2. The smallest absolute Gasteiger partial charge is 0.328 e. The second kappa shape index (κ2) is 10.1. The van der Waals surface area contributed by atoms with Crippen molar-refractivity contribution < 1.29 is 9.59 Å². The summed E-state index contributed by atoms with van der Waals surface area (Å²) in [6.07, 6.45) is 1.58. The van der Waals surface area contributed by atoms with Crippen LogP contribution >= 0.6 is 11.6 Å². The number of amides is 2. The van der Waals surface area contributed by atoms with Gasteiger partial charge >= 0.3 is 5.69 Å². The number of benzene rings is 2. The summed E-state index contributed by atoms with van der Waals surface area (Å²) >= 11 is 5.93. The molecule has 0 fully saturated rings. The van der Waals surface area contributed by atoms with E-state index in [4.69, 9.17) is 11.6 Å². The fourth-order valence-electron chi connectivity index (χ4n) is 3.21. The van der Waals surface area contributed by atoms with E-state index in [0.29, 0.717) is 16.3 Å². The van der Waals surface area contributed by atoms with E-state index in [1.54, 1.807) is 31.3 Å². The molecule has 32 heavy (non-hydrogen) atoms. The molecular formula is C23H23ClN4O4. The Hall–Kier alpha value is -3.65. The Morgan fingerprint density at radius 2 is 1.75 bits per heavy atom. The summed E-state index contributed by atoms with van der Waals surface area (Å²) in [7, 11) is 1.62. The monoisotopic (exact) mass is 454 g/mol. The first kappa shape index (κ1) is 23.0. The van der Waals surface area contributed by atoms with Crippen LogP contribution in [0.4, 0.5) is 5.69 Å². The van der Waals surface area contributed by atoms with Crippen LogP contribution in [0.5, 0.6) is 0 Å². The van der Waals surface area contributed by atoms with Gasteiger partial charge < -0.3 is 10.2 Å². The van der Waals surface area contributed by atoms with Crippen molar-refractivity contribution in [2.45, 2.75) is 25.9 Å². The highest BCUT2D eigenvalue weighted by Gasteiger charge is 2.25. The molecule has 0 radical (unpaired) electrons. The number of rotatable bonds is 7. The van der Waals surface area contributed by atoms with Gasteiger partial charge in [0.15, 0.2) is 0 Å². The predicted molar refractivity (Wildman–Crippen MR) is 123 cm³/mol. The Kier molecular flexibility index (Phi) is 7.27. The molecule has 1 unspecified atom stereocenters. The zero-order valence-corrected chi connectivity index (χ0v) is 18.4. The first-order valence-corrected chi connectivity index (χ1v) is 10.3. The Balaban J connectivity index is 1.82. The van der Waals surface area contributed by atoms with Gasteiger partial charge in [0, 0.05) is 35.9 Å². The molecule has 2 amide bonds. The third-order valence-electron chi connectivity index (χ3n) is 4.96. The molecule has 0 saturated carbocycles. The van der Waals surface area contributed by atoms with Gasteiger partial charge in [0.1, 0.15) is 12.6 Å². The zero-order valence-electron chi connectivity index (χ0n) is 17.7. The van der Waals surface area contributed by atoms with Crippen molar-refractivity contribution in [3.05, 3.63) is 97.8 Å². The van der Waals surface area contributed by atoms with Crippen molar-refractivity contribution in [2.24, 2.45) is 0 Å². The molecule has 0 saturated heterocycles. The molecule has 1 atom stereocenters. The van der Waals surface area contributed by atoms with Crippen LogP contribution in [0.25, 0.3) is 0 Å². The largest absolute Gasteiger partial charge is 0.342 e. The SMILES string of the molecule is Cc1cn(CC(=O)NC(Cc2ccccc2)C(=O)N(C)c2ccc(Cl)cc2)c(=O)[nH]c1=O. The highest BCUT2D eigenvalue weighted by Crippen LogP contribution is 2.18. The highest BCUT2D eigenvalue weighted by atomic mass is 35.5. The second-order valence-corrected chi connectivity index (χ2v) is 7.82. The first-order valence-electron chi connectivity index (χ1n) is 9.91. The van der Waals surface area contributed by atoms with Crippen molar-refractivity contribution in [2.75, 3.05) is 11.9 Å². The quantitative estimate of drug-likeness (QED) is 0.568. The molecule has 0 aliphatic rings. The number of aryl methyl sites for hydroxylation is 1. The van der Waals surface area contributed by atoms with E-state index in [9.17, 15) is 19.2 Å². The lowest BCUT2D eigenvalue weighted by Gasteiger charge is -2.25. The number of halogens is 1. The topological polar surface area (TPSA) is 104 Å². The maximum atomic E-state index is 13.2. The lowest BCUT2D eigenvalue weighted by Crippen LogP contribution is -2.50. The number of hydrogen-bond acceptors (Lipinski definition) is 4. The lowest BCUT2D eigenvalue weighted by molar-refractivity contribution is -0.127. The number of carbonyl (C=O) groups is 2. The summed E-state index contributed by atoms with van der Waals surface area (Å²) in [5.74, 6) is -0.855. The lowest BCUT2D eigenvalue weighted by atomic mass is 10.0. The van der Waals surface area contributed by atoms with Gasteiger partial charge in [-0.2, -0.15) is 0 Å². The summed E-state index contributed by atoms with van der Waals surface area (Å²) in [4.78, 5) is 53.1. The number of nitrogens with one attached hydrogen (secondary N) is 2. The van der Waals surface area contributed by atoms with E-state index in [2.05, 4.69) is 10.3 Å². The van der Waals surface area contributed by atoms with Crippen molar-refractivity contribution in [3.8, 4) is 0 Å². The number of likely N-dealkylation sites (N-methyl/N-ethyl adjacent to an activating group) is 1. The van der Waals surface area contributed by atoms with Crippen LogP contribution in [0.1, 0.15) is 11.1 Å². The number of H-pyrrole nitrogens is 1. The van der Waals surface area contributed by atoms with Crippen molar-refractivity contribution >= 4 is 29.1 Å². The van der Waals surface area contributed by atoms with Crippen molar-refractivity contribution in [3.63, 3.8) is 0 Å². The Bertz CT molecular complexity index is 1220. The van der Waals surface area contributed by atoms with Crippen molar-refractivity contribution in [1.29, 1.82) is 0 Å². The van der Waals surface area contributed by atoms with E-state index >= 15 is 0 Å². The maximum absolute atomic E-state index is 13.2. The van der Waals surface area contributed by atoms with Gasteiger partial charge in [-0.05, 0) is 36.8 Å². The normalized spacial score (nSPS) is 11.6. The molecule has 1 heterocycles. The Morgan fingerprint density at radius 1 is 1.09 bits per heavy atom. The number of hydrogen-bond donors (Lipinski definition) is 2. The van der Waals surface area contributed by atoms with Gasteiger partial charge in [-0.3, -0.25) is 23.9 Å². The van der Waals surface area contributed by atoms with Crippen LogP contribution in [-0.4, -0.2) is 34.5 Å². The van der Waals surface area contributed by atoms with E-state index in [1.165, 1.54) is 18.0 Å². The Labute approximate surface area is 189 Å². The number of anilines is 1. The average molecular weight is 455 g/mol. The van der Waals surface area contributed by atoms with E-state index in [1.807, 2.05) is 30.3 Å². The fourth-order valence-corrected chi connectivity index (χ4v) is 3.33. The maximum Gasteiger partial charge on any atom is 0.328 e. The van der Waals surface area contributed by atoms with Crippen LogP contribution in [0.3, 0.4) is 0 Å². The minimum Gasteiger partial charge on any atom is -0.342 e. The zero-order chi connectivity index (χ0) is 23.3. The van der Waals surface area contributed by atoms with Crippen LogP contribution in [0.15, 0.2) is 70.4 Å². The van der Waals surface area contributed by atoms with Gasteiger partial charge in [0.2, 0.25) is 11.8 Å². The summed E-state index contributed by atoms with van der Waals surface area (Å²) in [6.45, 7) is 1.20. The summed E-state index contributed by atoms with van der Waals surface area (Å²) in [5, 5.41) is 3.28. The van der Waals surface area contributed by atoms with Crippen LogP contribution in [0, 0.1) is 6.92 Å². The average Bonchev–Trinajstić information content (AvgIpc) is 2.77. The molecular weight excluding hydrogens is 432 g/mol. The molecule has 0 aliphatic carbocycles. The molecule has 166 valence electrons. The number of carbonyl (C=O) groups excluding carboxylic acids is 2. The number of aromatic amines is 1. The molecule has 1 aromatic heterocycles. The minimum absolute atomic E-state index is 0.267. The minimum atomic E-state index is -0.870. The number of aromatic nitrogens is 2. The van der Waals surface area contributed by atoms with Gasteiger partial charge in [-0.1, -0.05) is 41.9 Å². The van der Waals surface area contributed by atoms with Gasteiger partial charge in [-0.25, -0.2) is 4.79 Å². The molecule has 2 aromatic carbocycles. The molecule has 3 rings (SSSR count). The first-order chi connectivity index (χ1) is 15.2. The molecule has 0 spiro atoms. The third kappa shape index (κ3) is 5.73. The fraction of sp³-hybridized carbons (Fsp3) is 0.217.